The molecule has 3 heterocycles. The van der Waals surface area contributed by atoms with Gasteiger partial charge >= 0.3 is 12.6 Å². The summed E-state index contributed by atoms with van der Waals surface area (Å²) in [5, 5.41) is 10.6. The Bertz CT molecular complexity index is 1740. The number of carbonyl (C=O) groups excluding carboxylic acids is 1. The minimum absolute atomic E-state index is 0.00513. The van der Waals surface area contributed by atoms with E-state index in [-0.39, 0.29) is 69.8 Å². The van der Waals surface area contributed by atoms with Crippen LogP contribution in [-0.2, 0) is 26.0 Å². The Morgan fingerprint density at radius 2 is 1.79 bits per heavy atom. The van der Waals surface area contributed by atoms with Gasteiger partial charge < -0.3 is 28.9 Å². The summed E-state index contributed by atoms with van der Waals surface area (Å²) >= 11 is 13.8. The number of fused-ring (bicyclic) bond motifs is 1. The molecule has 0 N–H and O–H groups in total. The number of nitrogens with zero attached hydrogens (tertiary/aromatic N) is 2. The van der Waals surface area contributed by atoms with Crippen molar-refractivity contribution in [2.45, 2.75) is 42.2 Å². The van der Waals surface area contributed by atoms with Crippen molar-refractivity contribution in [1.29, 1.82) is 0 Å². The zero-order chi connectivity index (χ0) is 33.3. The van der Waals surface area contributed by atoms with Crippen molar-refractivity contribution in [1.82, 2.24) is 4.31 Å². The quantitative estimate of drug-likeness (QED) is 0.136. The van der Waals surface area contributed by atoms with Crippen molar-refractivity contribution >= 4 is 51.0 Å². The Hall–Kier alpha value is -3.24. The molecule has 11 nitrogen and oxygen atoms in total. The molecule has 17 heteroatoms. The first-order valence-corrected chi connectivity index (χ1v) is 17.8. The van der Waals surface area contributed by atoms with Crippen molar-refractivity contribution in [2.75, 3.05) is 32.1 Å². The van der Waals surface area contributed by atoms with Gasteiger partial charge in [0.05, 0.1) is 11.5 Å². The molecular formula is C30H28Cl2F2N2O9S2. The molecule has 1 saturated carbocycles. The maximum atomic E-state index is 13.8. The van der Waals surface area contributed by atoms with Gasteiger partial charge in [0.15, 0.2) is 40.8 Å². The van der Waals surface area contributed by atoms with Crippen molar-refractivity contribution in [3.8, 4) is 23.0 Å². The number of aromatic nitrogens is 1. The zero-order valence-electron chi connectivity index (χ0n) is 24.5. The molecule has 2 fully saturated rings. The number of alkyl halides is 2. The van der Waals surface area contributed by atoms with Crippen LogP contribution in [0.15, 0.2) is 53.7 Å². The SMILES string of the molecule is O=C(OC(Cc1c(Cl)c[n+]([O-])cc1Cl)c1ccc(OC(F)F)c(OCC2CC2)c1)C1SCCN1S(=O)(=O)c1ccc2c(c1)OCCO2. The smallest absolute Gasteiger partial charge is 0.387 e. The molecule has 0 spiro atoms. The monoisotopic (exact) mass is 732 g/mol. The number of esters is 1. The van der Waals surface area contributed by atoms with E-state index in [1.807, 2.05) is 0 Å². The minimum atomic E-state index is -4.19. The summed E-state index contributed by atoms with van der Waals surface area (Å²) < 4.78 is 82.8. The largest absolute Gasteiger partial charge is 0.619 e. The number of thioether (sulfide) groups is 1. The van der Waals surface area contributed by atoms with Gasteiger partial charge in [-0.3, -0.25) is 0 Å². The molecule has 3 aromatic rings. The van der Waals surface area contributed by atoms with Crippen molar-refractivity contribution in [2.24, 2.45) is 5.92 Å². The second-order valence-corrected chi connectivity index (χ2v) is 14.8. The summed E-state index contributed by atoms with van der Waals surface area (Å²) in [5.74, 6) is 0.210. The molecule has 3 aliphatic rings. The molecule has 2 unspecified atom stereocenters. The lowest BCUT2D eigenvalue weighted by atomic mass is 10.0. The normalized spacial score (nSPS) is 18.6. The lowest BCUT2D eigenvalue weighted by Gasteiger charge is -2.26. The highest BCUT2D eigenvalue weighted by Gasteiger charge is 2.42. The topological polar surface area (TPSA) is 128 Å². The predicted molar refractivity (Wildman–Crippen MR) is 167 cm³/mol. The summed E-state index contributed by atoms with van der Waals surface area (Å²) in [4.78, 5) is 13.7. The van der Waals surface area contributed by atoms with E-state index in [4.69, 9.17) is 42.1 Å². The third kappa shape index (κ3) is 7.75. The van der Waals surface area contributed by atoms with Gasteiger partial charge in [0.1, 0.15) is 29.4 Å². The standard InChI is InChI=1S/C30H28Cl2F2N2O9S2/c31-21-14-35(38)15-22(32)20(21)13-25(18-3-5-24(45-30(33)34)26(11-18)43-16-17-1-2-17)44-29(37)28-36(7-10-46-28)47(39,40)19-4-6-23-27(12-19)42-9-8-41-23/h3-6,11-12,14-15,17,25,28,30H,1-2,7-10,13,16H2. The fraction of sp³-hybridized carbons (Fsp3) is 0.400. The molecule has 1 saturated heterocycles. The highest BCUT2D eigenvalue weighted by atomic mass is 35.5. The van der Waals surface area contributed by atoms with Crippen LogP contribution in [0.25, 0.3) is 0 Å². The number of carbonyl (C=O) groups is 1. The maximum Gasteiger partial charge on any atom is 0.387 e. The van der Waals surface area contributed by atoms with E-state index in [1.165, 1.54) is 36.4 Å². The number of pyridine rings is 1. The second-order valence-electron chi connectivity index (χ2n) is 10.9. The van der Waals surface area contributed by atoms with Gasteiger partial charge in [0.2, 0.25) is 10.0 Å². The highest BCUT2D eigenvalue weighted by molar-refractivity contribution is 8.02. The number of hydrogen-bond donors (Lipinski definition) is 0. The van der Waals surface area contributed by atoms with Crippen LogP contribution in [0.4, 0.5) is 8.78 Å². The van der Waals surface area contributed by atoms with Gasteiger partial charge in [0.25, 0.3) is 0 Å². The van der Waals surface area contributed by atoms with Crippen LogP contribution in [0.3, 0.4) is 0 Å². The van der Waals surface area contributed by atoms with E-state index in [0.717, 1.165) is 41.3 Å². The summed E-state index contributed by atoms with van der Waals surface area (Å²) in [6, 6.07) is 8.34. The van der Waals surface area contributed by atoms with E-state index in [2.05, 4.69) is 4.74 Å². The fourth-order valence-corrected chi connectivity index (χ4v) is 8.73. The van der Waals surface area contributed by atoms with Gasteiger partial charge in [0, 0.05) is 30.3 Å². The summed E-state index contributed by atoms with van der Waals surface area (Å²) in [7, 11) is -4.19. The van der Waals surface area contributed by atoms with Gasteiger partial charge in [-0.1, -0.05) is 29.3 Å². The van der Waals surface area contributed by atoms with Crippen LogP contribution >= 0.6 is 35.0 Å². The van der Waals surface area contributed by atoms with Crippen molar-refractivity contribution in [3.05, 3.63) is 75.2 Å². The number of hydrogen-bond acceptors (Lipinski definition) is 10. The van der Waals surface area contributed by atoms with Gasteiger partial charge in [-0.15, -0.1) is 11.8 Å². The summed E-state index contributed by atoms with van der Waals surface area (Å²) in [6.45, 7) is -2.20. The summed E-state index contributed by atoms with van der Waals surface area (Å²) in [6.07, 6.45) is 2.75. The molecule has 0 radical (unpaired) electrons. The first kappa shape index (κ1) is 33.7. The first-order valence-electron chi connectivity index (χ1n) is 14.5. The van der Waals surface area contributed by atoms with Crippen LogP contribution in [0.2, 0.25) is 10.0 Å². The molecule has 1 aliphatic carbocycles. The van der Waals surface area contributed by atoms with Crippen LogP contribution in [-0.4, -0.2) is 62.8 Å². The fourth-order valence-electron chi connectivity index (χ4n) is 5.07. The second kappa shape index (κ2) is 14.1. The molecule has 47 heavy (non-hydrogen) atoms. The average Bonchev–Trinajstić information content (AvgIpc) is 3.72. The molecular weight excluding hydrogens is 705 g/mol. The molecule has 2 atom stereocenters. The van der Waals surface area contributed by atoms with E-state index >= 15 is 0 Å². The predicted octanol–water partition coefficient (Wildman–Crippen LogP) is 5.38. The van der Waals surface area contributed by atoms with E-state index < -0.39 is 34.1 Å². The lowest BCUT2D eigenvalue weighted by molar-refractivity contribution is -0.605. The molecule has 2 aromatic carbocycles. The van der Waals surface area contributed by atoms with Crippen LogP contribution in [0.1, 0.15) is 30.1 Å². The van der Waals surface area contributed by atoms with E-state index in [0.29, 0.717) is 28.4 Å². The molecule has 252 valence electrons. The minimum Gasteiger partial charge on any atom is -0.619 e. The van der Waals surface area contributed by atoms with Gasteiger partial charge in [-0.2, -0.15) is 17.8 Å². The third-order valence-corrected chi connectivity index (χ3v) is 11.4. The number of rotatable bonds is 12. The maximum absolute atomic E-state index is 13.8. The first-order chi connectivity index (χ1) is 22.5. The molecule has 2 aliphatic heterocycles. The average molecular weight is 734 g/mol. The zero-order valence-corrected chi connectivity index (χ0v) is 27.6. The molecule has 0 bridgehead atoms. The Kier molecular flexibility index (Phi) is 10.1. The lowest BCUT2D eigenvalue weighted by Crippen LogP contribution is -2.40. The Morgan fingerprint density at radius 1 is 1.06 bits per heavy atom. The number of halogens is 4. The number of ether oxygens (including phenoxy) is 5. The van der Waals surface area contributed by atoms with Crippen LogP contribution < -0.4 is 23.7 Å². The third-order valence-electron chi connectivity index (χ3n) is 7.60. The van der Waals surface area contributed by atoms with Crippen molar-refractivity contribution in [3.63, 3.8) is 0 Å². The van der Waals surface area contributed by atoms with Gasteiger partial charge in [-0.25, -0.2) is 13.2 Å². The van der Waals surface area contributed by atoms with E-state index in [9.17, 15) is 27.2 Å². The van der Waals surface area contributed by atoms with Gasteiger partial charge in [-0.05, 0) is 48.6 Å². The Morgan fingerprint density at radius 3 is 2.49 bits per heavy atom. The van der Waals surface area contributed by atoms with Crippen molar-refractivity contribution < 1.29 is 50.4 Å². The van der Waals surface area contributed by atoms with Crippen LogP contribution in [0.5, 0.6) is 23.0 Å². The highest BCUT2D eigenvalue weighted by Crippen LogP contribution is 2.40. The van der Waals surface area contributed by atoms with E-state index in [1.54, 1.807) is 0 Å². The summed E-state index contributed by atoms with van der Waals surface area (Å²) in [5.41, 5.74) is 0.576. The Balaban J connectivity index is 1.30. The molecule has 0 amide bonds. The van der Waals surface area contributed by atoms with Crippen LogP contribution in [0, 0.1) is 11.1 Å². The Labute approximate surface area is 283 Å². The number of benzene rings is 2. The molecule has 1 aromatic heterocycles. The number of sulfonamides is 1. The molecule has 6 rings (SSSR count).